The van der Waals surface area contributed by atoms with Crippen LogP contribution >= 0.6 is 12.4 Å². The largest absolute Gasteiger partial charge is 0.326 e. The molecule has 0 fully saturated rings. The van der Waals surface area contributed by atoms with Gasteiger partial charge in [0.1, 0.15) is 0 Å². The molecule has 0 bridgehead atoms. The Morgan fingerprint density at radius 3 is 2.80 bits per heavy atom. The topological polar surface area (TPSA) is 32.3 Å². The Hall–Kier alpha value is -1.06. The van der Waals surface area contributed by atoms with Gasteiger partial charge in [-0.3, -0.25) is 4.79 Å². The molecule has 4 heteroatoms. The quantitative estimate of drug-likeness (QED) is 0.838. The van der Waals surface area contributed by atoms with Crippen LogP contribution in [0.5, 0.6) is 0 Å². The summed E-state index contributed by atoms with van der Waals surface area (Å²) < 4.78 is 109. The summed E-state index contributed by atoms with van der Waals surface area (Å²) in [6.07, 6.45) is -7.66. The number of carbonyl (C=O) groups is 1. The van der Waals surface area contributed by atoms with Crippen molar-refractivity contribution in [3.63, 3.8) is 0 Å². The average Bonchev–Trinajstić information content (AvgIpc) is 3.00. The van der Waals surface area contributed by atoms with Crippen LogP contribution in [-0.2, 0) is 17.6 Å². The van der Waals surface area contributed by atoms with Gasteiger partial charge in [0.2, 0.25) is 5.91 Å². The number of benzene rings is 1. The first kappa shape index (κ1) is 5.62. The molecule has 0 aliphatic carbocycles. The van der Waals surface area contributed by atoms with Crippen molar-refractivity contribution >= 4 is 24.0 Å². The molecule has 0 saturated carbocycles. The molecule has 1 aromatic carbocycles. The molecule has 1 aliphatic rings. The highest BCUT2D eigenvalue weighted by atomic mass is 35.5. The smallest absolute Gasteiger partial charge is 0.228 e. The van der Waals surface area contributed by atoms with Crippen LogP contribution in [0.25, 0.3) is 0 Å². The predicted molar refractivity (Wildman–Crippen MR) is 86.7 cm³/mol. The minimum atomic E-state index is -3.70. The summed E-state index contributed by atoms with van der Waals surface area (Å²) in [4.78, 5) is 11.7. The molecule has 20 heavy (non-hydrogen) atoms. The molecule has 0 radical (unpaired) electrons. The third kappa shape index (κ3) is 4.22. The third-order valence-electron chi connectivity index (χ3n) is 2.87. The molecular weight excluding hydrogens is 272 g/mol. The van der Waals surface area contributed by atoms with E-state index in [0.717, 1.165) is 0 Å². The zero-order chi connectivity index (χ0) is 25.8. The fraction of sp³-hybridized carbons (Fsp3) is 0.562. The summed E-state index contributed by atoms with van der Waals surface area (Å²) in [5.41, 5.74) is 1.44. The molecule has 0 aromatic heterocycles. The number of halogens is 1. The maximum absolute atomic E-state index is 11.7. The molecule has 0 atom stereocenters. The van der Waals surface area contributed by atoms with Gasteiger partial charge in [0.05, 0.1) is 6.42 Å². The lowest BCUT2D eigenvalue weighted by atomic mass is 10.0. The van der Waals surface area contributed by atoms with Gasteiger partial charge >= 0.3 is 0 Å². The van der Waals surface area contributed by atoms with Crippen molar-refractivity contribution in [1.82, 2.24) is 4.90 Å². The van der Waals surface area contributed by atoms with E-state index < -0.39 is 46.0 Å². The standard InChI is InChI=1S/C16H24N2O.ClH/c1-3-9-18(10-4-2)11-8-13-6-5-7-15-14(13)12-16(19)17-15;/h5-7H,3-4,8-12H2,1-2H3,(H,17,19);1H/i1D3,2D3,3D2,4D2,9D2,10D2;. The lowest BCUT2D eigenvalue weighted by molar-refractivity contribution is -0.115. The van der Waals surface area contributed by atoms with Crippen molar-refractivity contribution in [2.45, 2.75) is 39.3 Å². The summed E-state index contributed by atoms with van der Waals surface area (Å²) in [6, 6.07) is 4.73. The maximum atomic E-state index is 11.7. The van der Waals surface area contributed by atoms with Crippen LogP contribution < -0.4 is 5.32 Å². The van der Waals surface area contributed by atoms with Gasteiger partial charge in [0, 0.05) is 31.4 Å². The Bertz CT molecular complexity index is 874. The van der Waals surface area contributed by atoms with Crippen molar-refractivity contribution in [2.24, 2.45) is 0 Å². The maximum Gasteiger partial charge on any atom is 0.228 e. The molecule has 0 unspecified atom stereocenters. The molecule has 0 saturated heterocycles. The Kier molecular flexibility index (Phi) is 2.32. The normalized spacial score (nSPS) is 27.6. The summed E-state index contributed by atoms with van der Waals surface area (Å²) in [5.74, 6) is -0.308. The highest BCUT2D eigenvalue weighted by Gasteiger charge is 2.20. The number of nitrogens with zero attached hydrogens (tertiary/aromatic N) is 1. The summed E-state index contributed by atoms with van der Waals surface area (Å²) in [6.45, 7) is -15.3. The van der Waals surface area contributed by atoms with E-state index in [1.165, 1.54) is 0 Å². The van der Waals surface area contributed by atoms with Gasteiger partial charge in [-0.2, -0.15) is 0 Å². The predicted octanol–water partition coefficient (Wildman–Crippen LogP) is 3.27. The van der Waals surface area contributed by atoms with E-state index in [0.29, 0.717) is 16.8 Å². The molecule has 1 aliphatic heterocycles. The Labute approximate surface area is 147 Å². The Balaban J connectivity index is 0.00000578. The zero-order valence-electron chi connectivity index (χ0n) is 24.6. The van der Waals surface area contributed by atoms with Crippen LogP contribution in [0.3, 0.4) is 0 Å². The molecule has 0 spiro atoms. The van der Waals surface area contributed by atoms with E-state index >= 15 is 0 Å². The van der Waals surface area contributed by atoms with Crippen molar-refractivity contribution < 1.29 is 24.0 Å². The number of rotatable bonds is 7. The van der Waals surface area contributed by atoms with Crippen molar-refractivity contribution in [2.75, 3.05) is 24.9 Å². The van der Waals surface area contributed by atoms with E-state index in [-0.39, 0.29) is 36.1 Å². The monoisotopic (exact) mass is 310 g/mol. The number of hydrogen-bond donors (Lipinski definition) is 1. The van der Waals surface area contributed by atoms with Gasteiger partial charge in [-0.25, -0.2) is 0 Å². The van der Waals surface area contributed by atoms with Gasteiger partial charge in [0.25, 0.3) is 0 Å². The van der Waals surface area contributed by atoms with E-state index in [4.69, 9.17) is 19.2 Å². The molecular formula is C16H25ClN2O. The van der Waals surface area contributed by atoms with Gasteiger partial charge in [-0.1, -0.05) is 25.8 Å². The minimum Gasteiger partial charge on any atom is -0.326 e. The van der Waals surface area contributed by atoms with Crippen LogP contribution in [-0.4, -0.2) is 30.3 Å². The first-order valence-electron chi connectivity index (χ1n) is 12.8. The molecule has 1 aromatic rings. The summed E-state index contributed by atoms with van der Waals surface area (Å²) >= 11 is 0. The highest BCUT2D eigenvalue weighted by molar-refractivity contribution is 5.99. The van der Waals surface area contributed by atoms with E-state index in [9.17, 15) is 4.79 Å². The van der Waals surface area contributed by atoms with Crippen LogP contribution in [0.1, 0.15) is 56.8 Å². The molecule has 1 N–H and O–H groups in total. The van der Waals surface area contributed by atoms with Gasteiger partial charge in [-0.15, -0.1) is 12.4 Å². The van der Waals surface area contributed by atoms with Crippen LogP contribution in [0.2, 0.25) is 0 Å². The molecule has 3 nitrogen and oxygen atoms in total. The van der Waals surface area contributed by atoms with Crippen LogP contribution in [0, 0.1) is 0 Å². The van der Waals surface area contributed by atoms with Crippen molar-refractivity contribution in [3.8, 4) is 0 Å². The molecule has 1 amide bonds. The molecule has 2 rings (SSSR count). The van der Waals surface area contributed by atoms with Gasteiger partial charge in [-0.05, 0) is 49.4 Å². The average molecular weight is 311 g/mol. The second-order valence-electron chi connectivity index (χ2n) is 4.04. The second-order valence-corrected chi connectivity index (χ2v) is 4.04. The fourth-order valence-electron chi connectivity index (χ4n) is 2.06. The number of hydrogen-bond acceptors (Lipinski definition) is 2. The Morgan fingerprint density at radius 1 is 1.35 bits per heavy atom. The van der Waals surface area contributed by atoms with Gasteiger partial charge in [0.15, 0.2) is 0 Å². The number of carbonyl (C=O) groups excluding carboxylic acids is 1. The van der Waals surface area contributed by atoms with Gasteiger partial charge < -0.3 is 10.2 Å². The van der Waals surface area contributed by atoms with E-state index in [1.54, 1.807) is 18.2 Å². The molecule has 112 valence electrons. The first-order chi connectivity index (χ1) is 14.6. The summed E-state index contributed by atoms with van der Waals surface area (Å²) in [5, 5.41) is 2.60. The lowest BCUT2D eigenvalue weighted by Gasteiger charge is -2.21. The number of fused-ring (bicyclic) bond motifs is 1. The Morgan fingerprint density at radius 2 is 2.10 bits per heavy atom. The van der Waals surface area contributed by atoms with Crippen LogP contribution in [0.4, 0.5) is 5.69 Å². The van der Waals surface area contributed by atoms with E-state index in [1.807, 2.05) is 0 Å². The summed E-state index contributed by atoms with van der Waals surface area (Å²) in [7, 11) is 0. The minimum absolute atomic E-state index is 0. The molecule has 1 heterocycles. The third-order valence-corrected chi connectivity index (χ3v) is 2.87. The lowest BCUT2D eigenvalue weighted by Crippen LogP contribution is -2.28. The number of nitrogens with one attached hydrogen (secondary N) is 1. The fourth-order valence-corrected chi connectivity index (χ4v) is 2.06. The first-order valence-corrected chi connectivity index (χ1v) is 5.77. The highest BCUT2D eigenvalue weighted by Crippen LogP contribution is 2.26. The van der Waals surface area contributed by atoms with Crippen LogP contribution in [0.15, 0.2) is 18.2 Å². The SMILES string of the molecule is Cl.[2H]C([2H])([2H])C([2H])([2H])C([2H])([2H])N(CCc1cccc2c1CC(=O)N2)C([2H])([2H])C([2H])([2H])C([2H])([2H])[2H]. The second kappa shape index (κ2) is 8.28. The van der Waals surface area contributed by atoms with Crippen molar-refractivity contribution in [3.05, 3.63) is 29.3 Å². The number of anilines is 1. The zero-order valence-corrected chi connectivity index (χ0v) is 11.4. The number of amides is 1. The van der Waals surface area contributed by atoms with E-state index in [2.05, 4.69) is 5.32 Å². The van der Waals surface area contributed by atoms with Crippen molar-refractivity contribution in [1.29, 1.82) is 0 Å².